The molecule has 0 aliphatic carbocycles. The van der Waals surface area contributed by atoms with E-state index in [2.05, 4.69) is 10.3 Å². The number of pyridine rings is 1. The van der Waals surface area contributed by atoms with E-state index in [0.29, 0.717) is 11.4 Å². The van der Waals surface area contributed by atoms with E-state index >= 15 is 0 Å². The van der Waals surface area contributed by atoms with Gasteiger partial charge in [0.05, 0.1) is 0 Å². The van der Waals surface area contributed by atoms with Gasteiger partial charge in [-0.1, -0.05) is 23.7 Å². The summed E-state index contributed by atoms with van der Waals surface area (Å²) >= 11 is 6.09. The first-order chi connectivity index (χ1) is 9.10. The van der Waals surface area contributed by atoms with Crippen molar-refractivity contribution in [3.63, 3.8) is 0 Å². The van der Waals surface area contributed by atoms with Crippen LogP contribution in [0.5, 0.6) is 0 Å². The second kappa shape index (κ2) is 6.13. The zero-order chi connectivity index (χ0) is 13.8. The Kier molecular flexibility index (Phi) is 4.51. The zero-order valence-electron chi connectivity index (χ0n) is 11.0. The lowest BCUT2D eigenvalue weighted by Crippen LogP contribution is -2.19. The first kappa shape index (κ1) is 14.0. The van der Waals surface area contributed by atoms with E-state index in [1.54, 1.807) is 6.07 Å². The van der Waals surface area contributed by atoms with Crippen LogP contribution in [-0.4, -0.2) is 12.0 Å². The van der Waals surface area contributed by atoms with Crippen LogP contribution in [0.4, 0.5) is 4.39 Å². The summed E-state index contributed by atoms with van der Waals surface area (Å²) in [6.45, 7) is 2.00. The van der Waals surface area contributed by atoms with E-state index in [4.69, 9.17) is 11.6 Å². The summed E-state index contributed by atoms with van der Waals surface area (Å²) in [5, 5.41) is 3.63. The van der Waals surface area contributed by atoms with Crippen LogP contribution < -0.4 is 5.32 Å². The molecule has 4 heteroatoms. The molecule has 19 heavy (non-hydrogen) atoms. The van der Waals surface area contributed by atoms with E-state index < -0.39 is 0 Å². The highest BCUT2D eigenvalue weighted by atomic mass is 35.5. The highest BCUT2D eigenvalue weighted by molar-refractivity contribution is 6.31. The first-order valence-electron chi connectivity index (χ1n) is 6.14. The third-order valence-electron chi connectivity index (χ3n) is 3.07. The summed E-state index contributed by atoms with van der Waals surface area (Å²) in [6.07, 6.45) is 2.55. The van der Waals surface area contributed by atoms with Crippen molar-refractivity contribution in [3.8, 4) is 0 Å². The molecule has 0 spiro atoms. The molecule has 1 unspecified atom stereocenters. The van der Waals surface area contributed by atoms with E-state index in [1.807, 2.05) is 32.3 Å². The number of likely N-dealkylation sites (N-methyl/N-ethyl adjacent to an activating group) is 1. The summed E-state index contributed by atoms with van der Waals surface area (Å²) in [7, 11) is 1.86. The maximum Gasteiger partial charge on any atom is 0.124 e. The van der Waals surface area contributed by atoms with Crippen molar-refractivity contribution in [2.24, 2.45) is 0 Å². The standard InChI is InChI=1S/C15H16ClFN2/c1-10-3-5-12(19-9-10)8-15(18-2)13-6-4-11(17)7-14(13)16/h3-7,9,15,18H,8H2,1-2H3. The van der Waals surface area contributed by atoms with Gasteiger partial charge in [0.15, 0.2) is 0 Å². The number of benzene rings is 1. The number of aromatic nitrogens is 1. The minimum Gasteiger partial charge on any atom is -0.313 e. The second-order valence-electron chi connectivity index (χ2n) is 4.54. The molecule has 2 rings (SSSR count). The van der Waals surface area contributed by atoms with Crippen molar-refractivity contribution in [2.45, 2.75) is 19.4 Å². The van der Waals surface area contributed by atoms with Gasteiger partial charge < -0.3 is 5.32 Å². The van der Waals surface area contributed by atoms with E-state index in [1.165, 1.54) is 12.1 Å². The van der Waals surface area contributed by atoms with Crippen LogP contribution in [0.15, 0.2) is 36.5 Å². The highest BCUT2D eigenvalue weighted by Crippen LogP contribution is 2.26. The molecule has 0 radical (unpaired) electrons. The second-order valence-corrected chi connectivity index (χ2v) is 4.95. The number of rotatable bonds is 4. The molecule has 0 saturated heterocycles. The lowest BCUT2D eigenvalue weighted by atomic mass is 10.0. The average molecular weight is 279 g/mol. The molecule has 1 heterocycles. The van der Waals surface area contributed by atoms with Crippen LogP contribution in [-0.2, 0) is 6.42 Å². The average Bonchev–Trinajstić information content (AvgIpc) is 2.39. The normalized spacial score (nSPS) is 12.4. The third-order valence-corrected chi connectivity index (χ3v) is 3.40. The Morgan fingerprint density at radius 1 is 1.32 bits per heavy atom. The molecule has 0 saturated carbocycles. The molecule has 0 aliphatic rings. The Bertz CT molecular complexity index is 555. The minimum atomic E-state index is -0.322. The number of aryl methyl sites for hydroxylation is 1. The van der Waals surface area contributed by atoms with Crippen molar-refractivity contribution in [1.82, 2.24) is 10.3 Å². The van der Waals surface area contributed by atoms with Crippen LogP contribution in [0.25, 0.3) is 0 Å². The maximum atomic E-state index is 13.1. The number of halogens is 2. The van der Waals surface area contributed by atoms with Crippen molar-refractivity contribution in [2.75, 3.05) is 7.05 Å². The van der Waals surface area contributed by atoms with Gasteiger partial charge in [0.25, 0.3) is 0 Å². The van der Waals surface area contributed by atoms with Gasteiger partial charge in [0.1, 0.15) is 5.82 Å². The molecule has 1 aromatic heterocycles. The number of nitrogens with zero attached hydrogens (tertiary/aromatic N) is 1. The summed E-state index contributed by atoms with van der Waals surface area (Å²) in [6, 6.07) is 8.52. The lowest BCUT2D eigenvalue weighted by molar-refractivity contribution is 0.579. The molecule has 0 amide bonds. The fourth-order valence-corrected chi connectivity index (χ4v) is 2.28. The number of nitrogens with one attached hydrogen (secondary N) is 1. The minimum absolute atomic E-state index is 0.0170. The molecule has 0 aliphatic heterocycles. The van der Waals surface area contributed by atoms with Crippen LogP contribution in [0.1, 0.15) is 22.9 Å². The number of hydrogen-bond acceptors (Lipinski definition) is 2. The molecule has 1 N–H and O–H groups in total. The lowest BCUT2D eigenvalue weighted by Gasteiger charge is -2.17. The summed E-state index contributed by atoms with van der Waals surface area (Å²) in [4.78, 5) is 4.38. The van der Waals surface area contributed by atoms with Gasteiger partial charge in [-0.05, 0) is 43.3 Å². The van der Waals surface area contributed by atoms with Crippen LogP contribution >= 0.6 is 11.6 Å². The topological polar surface area (TPSA) is 24.9 Å². The Labute approximate surface area is 117 Å². The Hall–Kier alpha value is -1.45. The molecular formula is C15H16ClFN2. The van der Waals surface area contributed by atoms with Crippen molar-refractivity contribution in [1.29, 1.82) is 0 Å². The van der Waals surface area contributed by atoms with Gasteiger partial charge in [-0.25, -0.2) is 4.39 Å². The molecule has 2 nitrogen and oxygen atoms in total. The number of hydrogen-bond donors (Lipinski definition) is 1. The molecule has 1 aromatic carbocycles. The Morgan fingerprint density at radius 2 is 2.11 bits per heavy atom. The Morgan fingerprint density at radius 3 is 2.68 bits per heavy atom. The maximum absolute atomic E-state index is 13.1. The van der Waals surface area contributed by atoms with Gasteiger partial charge in [-0.15, -0.1) is 0 Å². The van der Waals surface area contributed by atoms with Gasteiger partial charge in [0.2, 0.25) is 0 Å². The fraction of sp³-hybridized carbons (Fsp3) is 0.267. The highest BCUT2D eigenvalue weighted by Gasteiger charge is 2.14. The molecule has 2 aromatic rings. The van der Waals surface area contributed by atoms with E-state index in [-0.39, 0.29) is 11.9 Å². The molecule has 100 valence electrons. The van der Waals surface area contributed by atoms with Crippen molar-refractivity contribution < 1.29 is 4.39 Å². The smallest absolute Gasteiger partial charge is 0.124 e. The van der Waals surface area contributed by atoms with Crippen LogP contribution in [0, 0.1) is 12.7 Å². The van der Waals surface area contributed by atoms with Crippen LogP contribution in [0.2, 0.25) is 5.02 Å². The van der Waals surface area contributed by atoms with Crippen molar-refractivity contribution in [3.05, 3.63) is 64.2 Å². The molecular weight excluding hydrogens is 263 g/mol. The van der Waals surface area contributed by atoms with Gasteiger partial charge >= 0.3 is 0 Å². The SMILES string of the molecule is CNC(Cc1ccc(C)cn1)c1ccc(F)cc1Cl. The quantitative estimate of drug-likeness (QED) is 0.923. The van der Waals surface area contributed by atoms with Gasteiger partial charge in [0, 0.05) is 29.4 Å². The van der Waals surface area contributed by atoms with Crippen molar-refractivity contribution >= 4 is 11.6 Å². The van der Waals surface area contributed by atoms with E-state index in [9.17, 15) is 4.39 Å². The summed E-state index contributed by atoms with van der Waals surface area (Å²) in [5.41, 5.74) is 2.99. The largest absolute Gasteiger partial charge is 0.313 e. The monoisotopic (exact) mass is 278 g/mol. The van der Waals surface area contributed by atoms with Crippen LogP contribution in [0.3, 0.4) is 0 Å². The first-order valence-corrected chi connectivity index (χ1v) is 6.51. The predicted octanol–water partition coefficient (Wildman–Crippen LogP) is 3.69. The molecule has 0 fully saturated rings. The molecule has 1 atom stereocenters. The zero-order valence-corrected chi connectivity index (χ0v) is 11.7. The summed E-state index contributed by atoms with van der Waals surface area (Å²) in [5.74, 6) is -0.322. The van der Waals surface area contributed by atoms with Gasteiger partial charge in [-0.3, -0.25) is 4.98 Å². The summed E-state index contributed by atoms with van der Waals surface area (Å²) < 4.78 is 13.1. The Balaban J connectivity index is 2.22. The van der Waals surface area contributed by atoms with Gasteiger partial charge in [-0.2, -0.15) is 0 Å². The molecule has 0 bridgehead atoms. The fourth-order valence-electron chi connectivity index (χ4n) is 1.98. The third kappa shape index (κ3) is 3.52. The van der Waals surface area contributed by atoms with E-state index in [0.717, 1.165) is 16.8 Å². The predicted molar refractivity (Wildman–Crippen MR) is 75.9 cm³/mol.